The van der Waals surface area contributed by atoms with Crippen molar-refractivity contribution in [3.63, 3.8) is 0 Å². The summed E-state index contributed by atoms with van der Waals surface area (Å²) in [4.78, 5) is 43.7. The van der Waals surface area contributed by atoms with Gasteiger partial charge in [0.1, 0.15) is 12.4 Å². The lowest BCUT2D eigenvalue weighted by Crippen LogP contribution is -2.45. The van der Waals surface area contributed by atoms with E-state index >= 15 is 0 Å². The second-order valence-electron chi connectivity index (χ2n) is 7.81. The summed E-state index contributed by atoms with van der Waals surface area (Å²) in [6.07, 6.45) is -2.40. The third kappa shape index (κ3) is 4.91. The summed E-state index contributed by atoms with van der Waals surface area (Å²) < 4.78 is 45.2. The van der Waals surface area contributed by atoms with Gasteiger partial charge in [0, 0.05) is 19.3 Å². The Morgan fingerprint density at radius 1 is 1.18 bits per heavy atom. The summed E-state index contributed by atoms with van der Waals surface area (Å²) in [5.41, 5.74) is 0.111. The fourth-order valence-electron chi connectivity index (χ4n) is 4.02. The summed E-state index contributed by atoms with van der Waals surface area (Å²) in [5.74, 6) is -2.54. The molecule has 11 heteroatoms. The highest BCUT2D eigenvalue weighted by Crippen LogP contribution is 2.36. The van der Waals surface area contributed by atoms with E-state index in [1.54, 1.807) is 24.3 Å². The van der Waals surface area contributed by atoms with Crippen molar-refractivity contribution >= 4 is 35.0 Å². The molecule has 1 unspecified atom stereocenters. The van der Waals surface area contributed by atoms with Crippen LogP contribution < -0.4 is 15.1 Å². The number of alkyl halides is 3. The number of carbonyl (C=O) groups excluding carboxylic acids is 3. The highest BCUT2D eigenvalue weighted by Gasteiger charge is 2.38. The zero-order chi connectivity index (χ0) is 23.6. The molecule has 2 amide bonds. The van der Waals surface area contributed by atoms with Crippen LogP contribution in [0.25, 0.3) is 0 Å². The Labute approximate surface area is 187 Å². The maximum atomic E-state index is 13.3. The minimum absolute atomic E-state index is 0.00205. The fraction of sp³-hybridized carbons (Fsp3) is 0.364. The summed E-state index contributed by atoms with van der Waals surface area (Å²) >= 11 is 0. The van der Waals surface area contributed by atoms with Crippen LogP contribution >= 0.6 is 0 Å². The largest absolute Gasteiger partial charge is 0.455 e. The number of hydrogen-bond donors (Lipinski definition) is 1. The molecule has 0 saturated carbocycles. The van der Waals surface area contributed by atoms with Gasteiger partial charge in [-0.15, -0.1) is 0 Å². The van der Waals surface area contributed by atoms with E-state index in [0.717, 1.165) is 6.07 Å². The lowest BCUT2D eigenvalue weighted by atomic mass is 9.97. The van der Waals surface area contributed by atoms with Crippen LogP contribution in [-0.4, -0.2) is 49.0 Å². The van der Waals surface area contributed by atoms with E-state index in [-0.39, 0.29) is 24.8 Å². The zero-order valence-corrected chi connectivity index (χ0v) is 17.5. The molecule has 174 valence electrons. The number of fused-ring (bicyclic) bond motifs is 1. The first-order chi connectivity index (χ1) is 15.7. The predicted molar refractivity (Wildman–Crippen MR) is 113 cm³/mol. The number of amides is 2. The molecular formula is C22H21F3N4O4. The van der Waals surface area contributed by atoms with Crippen LogP contribution in [-0.2, 0) is 25.3 Å². The van der Waals surface area contributed by atoms with Crippen molar-refractivity contribution in [2.24, 2.45) is 5.92 Å². The van der Waals surface area contributed by atoms with E-state index in [2.05, 4.69) is 10.3 Å². The maximum Gasteiger partial charge on any atom is 0.419 e. The molecular weight excluding hydrogens is 441 g/mol. The van der Waals surface area contributed by atoms with E-state index in [4.69, 9.17) is 4.74 Å². The number of nitrogens with one attached hydrogen (secondary N) is 1. The Kier molecular flexibility index (Phi) is 6.21. The number of rotatable bonds is 4. The normalized spacial score (nSPS) is 18.4. The second-order valence-corrected chi connectivity index (χ2v) is 7.81. The molecule has 3 heterocycles. The monoisotopic (exact) mass is 462 g/mol. The molecule has 4 rings (SSSR count). The first-order valence-electron chi connectivity index (χ1n) is 10.4. The molecule has 8 nitrogen and oxygen atoms in total. The molecule has 1 atom stereocenters. The zero-order valence-electron chi connectivity index (χ0n) is 17.5. The highest BCUT2D eigenvalue weighted by molar-refractivity contribution is 6.10. The number of halogens is 3. The number of carbonyl (C=O) groups is 3. The first-order valence-corrected chi connectivity index (χ1v) is 10.4. The molecule has 2 aliphatic rings. The molecule has 1 aromatic heterocycles. The van der Waals surface area contributed by atoms with Gasteiger partial charge in [-0.2, -0.15) is 13.2 Å². The number of anilines is 3. The number of hydrogen-bond acceptors (Lipinski definition) is 6. The van der Waals surface area contributed by atoms with Crippen molar-refractivity contribution in [3.05, 3.63) is 48.2 Å². The van der Waals surface area contributed by atoms with Gasteiger partial charge in [-0.05, 0) is 37.1 Å². The lowest BCUT2D eigenvalue weighted by Gasteiger charge is -2.34. The van der Waals surface area contributed by atoms with Crippen LogP contribution in [0.3, 0.4) is 0 Å². The molecule has 1 saturated heterocycles. The van der Waals surface area contributed by atoms with Crippen molar-refractivity contribution in [2.45, 2.75) is 19.0 Å². The van der Waals surface area contributed by atoms with E-state index in [1.807, 2.05) is 0 Å². The Morgan fingerprint density at radius 3 is 2.76 bits per heavy atom. The summed E-state index contributed by atoms with van der Waals surface area (Å²) in [6.45, 7) is -0.455. The SMILES string of the molecule is O=C1CN(C(=O)COC(=O)C2CCCN(c3ncccc3C(F)(F)F)C2)c2ccccc2N1. The Bertz CT molecular complexity index is 1080. The van der Waals surface area contributed by atoms with Gasteiger partial charge in [0.15, 0.2) is 6.61 Å². The molecule has 2 aromatic rings. The Hall–Kier alpha value is -3.63. The molecule has 2 aliphatic heterocycles. The molecule has 0 aliphatic carbocycles. The topological polar surface area (TPSA) is 91.8 Å². The Balaban J connectivity index is 1.40. The number of ether oxygens (including phenoxy) is 1. The quantitative estimate of drug-likeness (QED) is 0.703. The molecule has 1 N–H and O–H groups in total. The molecule has 0 spiro atoms. The van der Waals surface area contributed by atoms with Crippen LogP contribution in [0.5, 0.6) is 0 Å². The smallest absolute Gasteiger partial charge is 0.419 e. The third-order valence-corrected chi connectivity index (χ3v) is 5.56. The summed E-state index contributed by atoms with van der Waals surface area (Å²) in [6, 6.07) is 8.92. The number of benzene rings is 1. The standard InChI is InChI=1S/C22H21F3N4O4/c23-22(24,25)15-6-3-9-26-20(15)28-10-4-5-14(11-28)21(32)33-13-19(31)29-12-18(30)27-16-7-1-2-8-17(16)29/h1-3,6-9,14H,4-5,10-13H2,(H,27,30). The van der Waals surface area contributed by atoms with Crippen LogP contribution in [0.1, 0.15) is 18.4 Å². The van der Waals surface area contributed by atoms with E-state index in [1.165, 1.54) is 22.1 Å². The van der Waals surface area contributed by atoms with E-state index in [9.17, 15) is 27.6 Å². The lowest BCUT2D eigenvalue weighted by molar-refractivity contribution is -0.152. The van der Waals surface area contributed by atoms with Gasteiger partial charge in [0.2, 0.25) is 5.91 Å². The van der Waals surface area contributed by atoms with Gasteiger partial charge in [0.05, 0.1) is 22.9 Å². The molecule has 33 heavy (non-hydrogen) atoms. The number of piperidine rings is 1. The van der Waals surface area contributed by atoms with Crippen molar-refractivity contribution < 1.29 is 32.3 Å². The molecule has 1 aromatic carbocycles. The van der Waals surface area contributed by atoms with E-state index < -0.39 is 36.1 Å². The first kappa shape index (κ1) is 22.6. The number of aromatic nitrogens is 1. The van der Waals surface area contributed by atoms with Crippen molar-refractivity contribution in [1.82, 2.24) is 4.98 Å². The number of para-hydroxylation sites is 2. The fourth-order valence-corrected chi connectivity index (χ4v) is 4.02. The highest BCUT2D eigenvalue weighted by atomic mass is 19.4. The minimum atomic E-state index is -4.57. The van der Waals surface area contributed by atoms with Gasteiger partial charge in [-0.25, -0.2) is 4.98 Å². The van der Waals surface area contributed by atoms with Crippen molar-refractivity contribution in [1.29, 1.82) is 0 Å². The van der Waals surface area contributed by atoms with Crippen LogP contribution in [0.2, 0.25) is 0 Å². The van der Waals surface area contributed by atoms with Gasteiger partial charge < -0.3 is 15.0 Å². The number of pyridine rings is 1. The van der Waals surface area contributed by atoms with Crippen molar-refractivity contribution in [2.75, 3.05) is 41.4 Å². The number of esters is 1. The summed E-state index contributed by atoms with van der Waals surface area (Å²) in [5, 5.41) is 2.66. The minimum Gasteiger partial charge on any atom is -0.455 e. The summed E-state index contributed by atoms with van der Waals surface area (Å²) in [7, 11) is 0. The molecule has 0 radical (unpaired) electrons. The molecule has 0 bridgehead atoms. The number of nitrogens with zero attached hydrogens (tertiary/aromatic N) is 3. The maximum absolute atomic E-state index is 13.3. The predicted octanol–water partition coefficient (Wildman–Crippen LogP) is 2.85. The third-order valence-electron chi connectivity index (χ3n) is 5.56. The Morgan fingerprint density at radius 2 is 1.97 bits per heavy atom. The van der Waals surface area contributed by atoms with Crippen LogP contribution in [0.4, 0.5) is 30.4 Å². The van der Waals surface area contributed by atoms with Gasteiger partial charge >= 0.3 is 12.1 Å². The van der Waals surface area contributed by atoms with E-state index in [0.29, 0.717) is 30.8 Å². The average molecular weight is 462 g/mol. The van der Waals surface area contributed by atoms with Gasteiger partial charge in [0.25, 0.3) is 5.91 Å². The second kappa shape index (κ2) is 9.08. The van der Waals surface area contributed by atoms with Crippen LogP contribution in [0, 0.1) is 5.92 Å². The average Bonchev–Trinajstić information content (AvgIpc) is 2.81. The van der Waals surface area contributed by atoms with Gasteiger partial charge in [-0.1, -0.05) is 12.1 Å². The van der Waals surface area contributed by atoms with Crippen LogP contribution in [0.15, 0.2) is 42.6 Å². The van der Waals surface area contributed by atoms with Gasteiger partial charge in [-0.3, -0.25) is 19.3 Å². The molecule has 1 fully saturated rings. The van der Waals surface area contributed by atoms with Crippen molar-refractivity contribution in [3.8, 4) is 0 Å².